The number of rotatable bonds is 7. The Morgan fingerprint density at radius 2 is 1.77 bits per heavy atom. The largest absolute Gasteiger partial charge is 0.309 e. The van der Waals surface area contributed by atoms with Crippen LogP contribution in [-0.2, 0) is 9.84 Å². The average molecular weight is 488 g/mol. The van der Waals surface area contributed by atoms with Gasteiger partial charge in [-0.25, -0.2) is 13.4 Å². The minimum absolute atomic E-state index is 0. The van der Waals surface area contributed by atoms with Gasteiger partial charge in [0.15, 0.2) is 15.0 Å². The molecule has 0 atom stereocenters. The van der Waals surface area contributed by atoms with Crippen molar-refractivity contribution in [1.82, 2.24) is 9.88 Å². The van der Waals surface area contributed by atoms with Gasteiger partial charge in [0, 0.05) is 23.4 Å². The molecule has 3 aromatic rings. The zero-order chi connectivity index (χ0) is 21.2. The van der Waals surface area contributed by atoms with Crippen molar-refractivity contribution in [1.29, 1.82) is 0 Å². The number of benzene rings is 2. The molecule has 0 saturated carbocycles. The van der Waals surface area contributed by atoms with Crippen molar-refractivity contribution >= 4 is 66.4 Å². The van der Waals surface area contributed by atoms with E-state index in [1.165, 1.54) is 23.5 Å². The fourth-order valence-corrected chi connectivity index (χ4v) is 4.73. The van der Waals surface area contributed by atoms with Gasteiger partial charge < -0.3 is 4.90 Å². The maximum absolute atomic E-state index is 13.2. The highest BCUT2D eigenvalue weighted by Crippen LogP contribution is 2.31. The Hall–Kier alpha value is -1.71. The monoisotopic (exact) mass is 487 g/mol. The predicted molar refractivity (Wildman–Crippen MR) is 126 cm³/mol. The third-order valence-corrected chi connectivity index (χ3v) is 6.74. The van der Waals surface area contributed by atoms with Crippen molar-refractivity contribution in [3.05, 3.63) is 53.1 Å². The van der Waals surface area contributed by atoms with Crippen molar-refractivity contribution in [2.24, 2.45) is 0 Å². The molecular weight excluding hydrogens is 465 g/mol. The van der Waals surface area contributed by atoms with Crippen molar-refractivity contribution < 1.29 is 13.2 Å². The summed E-state index contributed by atoms with van der Waals surface area (Å²) < 4.78 is 24.3. The van der Waals surface area contributed by atoms with Gasteiger partial charge in [-0.2, -0.15) is 0 Å². The lowest BCUT2D eigenvalue weighted by atomic mass is 10.2. The van der Waals surface area contributed by atoms with Gasteiger partial charge in [0.2, 0.25) is 0 Å². The molecule has 0 radical (unpaired) electrons. The van der Waals surface area contributed by atoms with Gasteiger partial charge in [0.1, 0.15) is 0 Å². The number of fused-ring (bicyclic) bond motifs is 1. The minimum atomic E-state index is -3.32. The highest BCUT2D eigenvalue weighted by Gasteiger charge is 2.22. The van der Waals surface area contributed by atoms with E-state index < -0.39 is 9.84 Å². The van der Waals surface area contributed by atoms with Crippen LogP contribution in [0.3, 0.4) is 0 Å². The van der Waals surface area contributed by atoms with Crippen LogP contribution in [0.25, 0.3) is 10.2 Å². The first-order chi connectivity index (χ1) is 13.6. The molecule has 0 spiro atoms. The van der Waals surface area contributed by atoms with Gasteiger partial charge in [-0.1, -0.05) is 22.9 Å². The number of carbonyl (C=O) groups excluding carboxylic acids is 1. The fraction of sp³-hybridized carbons (Fsp3) is 0.300. The molecule has 2 aromatic carbocycles. The number of halogens is 2. The second-order valence-electron chi connectivity index (χ2n) is 7.02. The smallest absolute Gasteiger partial charge is 0.260 e. The maximum atomic E-state index is 13.2. The molecule has 1 aromatic heterocycles. The molecule has 3 rings (SSSR count). The summed E-state index contributed by atoms with van der Waals surface area (Å²) in [6.07, 6.45) is 1.92. The summed E-state index contributed by atoms with van der Waals surface area (Å²) in [6.45, 7) is 1.33. The molecule has 0 unspecified atom stereocenters. The summed E-state index contributed by atoms with van der Waals surface area (Å²) in [5.41, 5.74) is 1.20. The molecule has 0 bridgehead atoms. The lowest BCUT2D eigenvalue weighted by molar-refractivity contribution is 0.0986. The standard InChI is InChI=1S/C20H22ClN3O3S2.ClH/c1-23(2)11-4-12-24(20-22-17-10-7-15(21)13-18(17)28-20)19(25)14-5-8-16(9-6-14)29(3,26)27;/h5-10,13H,4,11-12H2,1-3H3;1H. The summed E-state index contributed by atoms with van der Waals surface area (Å²) >= 11 is 7.49. The molecule has 0 aliphatic rings. The molecule has 0 aliphatic heterocycles. The first-order valence-corrected chi connectivity index (χ1v) is 12.1. The summed E-state index contributed by atoms with van der Waals surface area (Å²) in [4.78, 5) is 21.7. The third-order valence-electron chi connectivity index (χ3n) is 4.33. The summed E-state index contributed by atoms with van der Waals surface area (Å²) in [7, 11) is 0.648. The Bertz CT molecular complexity index is 1130. The molecule has 10 heteroatoms. The number of hydrogen-bond donors (Lipinski definition) is 0. The van der Waals surface area contributed by atoms with E-state index in [1.54, 1.807) is 23.1 Å². The van der Waals surface area contributed by atoms with E-state index in [9.17, 15) is 13.2 Å². The third kappa shape index (κ3) is 5.92. The number of amides is 1. The highest BCUT2D eigenvalue weighted by atomic mass is 35.5. The van der Waals surface area contributed by atoms with E-state index in [0.717, 1.165) is 29.4 Å². The summed E-state index contributed by atoms with van der Waals surface area (Å²) in [5.74, 6) is -0.214. The molecule has 30 heavy (non-hydrogen) atoms. The molecule has 162 valence electrons. The number of nitrogens with zero attached hydrogens (tertiary/aromatic N) is 3. The molecule has 1 heterocycles. The normalized spacial score (nSPS) is 11.5. The van der Waals surface area contributed by atoms with E-state index in [2.05, 4.69) is 9.88 Å². The molecule has 1 amide bonds. The molecular formula is C20H23Cl2N3O3S2. The molecule has 0 aliphatic carbocycles. The topological polar surface area (TPSA) is 70.6 Å². The second-order valence-corrected chi connectivity index (χ2v) is 10.5. The van der Waals surface area contributed by atoms with Crippen molar-refractivity contribution in [2.75, 3.05) is 38.3 Å². The van der Waals surface area contributed by atoms with E-state index in [0.29, 0.717) is 22.3 Å². The van der Waals surface area contributed by atoms with E-state index >= 15 is 0 Å². The van der Waals surface area contributed by atoms with Crippen LogP contribution in [0.1, 0.15) is 16.8 Å². The lowest BCUT2D eigenvalue weighted by Crippen LogP contribution is -2.33. The van der Waals surface area contributed by atoms with E-state index in [4.69, 9.17) is 11.6 Å². The van der Waals surface area contributed by atoms with Crippen molar-refractivity contribution in [3.8, 4) is 0 Å². The summed E-state index contributed by atoms with van der Waals surface area (Å²) in [6, 6.07) is 11.4. The molecule has 0 saturated heterocycles. The van der Waals surface area contributed by atoms with Gasteiger partial charge in [0.25, 0.3) is 5.91 Å². The number of carbonyl (C=O) groups is 1. The van der Waals surface area contributed by atoms with Crippen LogP contribution in [0.15, 0.2) is 47.4 Å². The van der Waals surface area contributed by atoms with Crippen molar-refractivity contribution in [2.45, 2.75) is 11.3 Å². The molecule has 0 fully saturated rings. The zero-order valence-electron chi connectivity index (χ0n) is 16.8. The summed E-state index contributed by atoms with van der Waals surface area (Å²) in [5, 5.41) is 1.22. The molecule has 0 N–H and O–H groups in total. The Labute approximate surface area is 191 Å². The van der Waals surface area contributed by atoms with Gasteiger partial charge in [-0.05, 0) is 69.5 Å². The molecule has 6 nitrogen and oxygen atoms in total. The van der Waals surface area contributed by atoms with E-state index in [-0.39, 0.29) is 23.2 Å². The number of anilines is 1. The van der Waals surface area contributed by atoms with Gasteiger partial charge in [-0.15, -0.1) is 12.4 Å². The Morgan fingerprint density at radius 3 is 2.37 bits per heavy atom. The van der Waals surface area contributed by atoms with E-state index in [1.807, 2.05) is 26.2 Å². The SMILES string of the molecule is CN(C)CCCN(C(=O)c1ccc(S(C)(=O)=O)cc1)c1nc2ccc(Cl)cc2s1.Cl. The van der Waals surface area contributed by atoms with Crippen LogP contribution in [0, 0.1) is 0 Å². The minimum Gasteiger partial charge on any atom is -0.309 e. The van der Waals surface area contributed by atoms with Crippen LogP contribution in [0.2, 0.25) is 5.02 Å². The average Bonchev–Trinajstić information content (AvgIpc) is 3.06. The highest BCUT2D eigenvalue weighted by molar-refractivity contribution is 7.90. The second kappa shape index (κ2) is 10.1. The van der Waals surface area contributed by atoms with Crippen LogP contribution >= 0.6 is 35.3 Å². The lowest BCUT2D eigenvalue weighted by Gasteiger charge is -2.21. The Balaban J connectivity index is 0.00000320. The predicted octanol–water partition coefficient (Wildman–Crippen LogP) is 4.37. The Morgan fingerprint density at radius 1 is 1.10 bits per heavy atom. The van der Waals surface area contributed by atoms with Crippen LogP contribution in [-0.4, -0.2) is 57.6 Å². The van der Waals surface area contributed by atoms with Gasteiger partial charge >= 0.3 is 0 Å². The number of sulfone groups is 1. The maximum Gasteiger partial charge on any atom is 0.260 e. The number of hydrogen-bond acceptors (Lipinski definition) is 6. The Kier molecular flexibility index (Phi) is 8.24. The first-order valence-electron chi connectivity index (χ1n) is 8.98. The van der Waals surface area contributed by atoms with Crippen LogP contribution in [0.4, 0.5) is 5.13 Å². The fourth-order valence-electron chi connectivity index (χ4n) is 2.83. The quantitative estimate of drug-likeness (QED) is 0.494. The number of thiazole rings is 1. The first kappa shape index (κ1) is 24.6. The number of aromatic nitrogens is 1. The van der Waals surface area contributed by atoms with Gasteiger partial charge in [0.05, 0.1) is 15.1 Å². The van der Waals surface area contributed by atoms with Crippen LogP contribution in [0.5, 0.6) is 0 Å². The van der Waals surface area contributed by atoms with Crippen molar-refractivity contribution in [3.63, 3.8) is 0 Å². The van der Waals surface area contributed by atoms with Gasteiger partial charge in [-0.3, -0.25) is 9.69 Å². The zero-order valence-corrected chi connectivity index (χ0v) is 20.0. The van der Waals surface area contributed by atoms with Crippen LogP contribution < -0.4 is 4.90 Å².